The third-order valence-corrected chi connectivity index (χ3v) is 6.28. The highest BCUT2D eigenvalue weighted by atomic mass is 35.5. The molecule has 0 saturated carbocycles. The average Bonchev–Trinajstić information content (AvgIpc) is 3.24. The molecule has 10 heteroatoms. The maximum atomic E-state index is 13.2. The lowest BCUT2D eigenvalue weighted by Gasteiger charge is -2.26. The molecule has 3 heterocycles. The zero-order valence-electron chi connectivity index (χ0n) is 20.1. The fourth-order valence-electron chi connectivity index (χ4n) is 4.20. The normalized spacial score (nSPS) is 14.3. The average molecular weight is 519 g/mol. The maximum Gasteiger partial charge on any atom is 0.294 e. The lowest BCUT2D eigenvalue weighted by atomic mass is 9.85. The van der Waals surface area contributed by atoms with E-state index in [1.807, 2.05) is 31.2 Å². The summed E-state index contributed by atoms with van der Waals surface area (Å²) in [6.45, 7) is 6.96. The minimum absolute atomic E-state index is 0. The number of hydrogen-bond acceptors (Lipinski definition) is 6. The first-order valence-electron chi connectivity index (χ1n) is 11.2. The number of aryl methyl sites for hydroxylation is 2. The van der Waals surface area contributed by atoms with Gasteiger partial charge in [0.2, 0.25) is 5.91 Å². The van der Waals surface area contributed by atoms with E-state index in [0.717, 1.165) is 17.0 Å². The van der Waals surface area contributed by atoms with E-state index in [2.05, 4.69) is 46.6 Å². The van der Waals surface area contributed by atoms with Crippen molar-refractivity contribution < 1.29 is 4.79 Å². The third kappa shape index (κ3) is 6.13. The summed E-state index contributed by atoms with van der Waals surface area (Å²) >= 11 is 0. The van der Waals surface area contributed by atoms with Crippen molar-refractivity contribution in [2.75, 3.05) is 17.6 Å². The second-order valence-electron chi connectivity index (χ2n) is 9.13. The molecule has 1 atom stereocenters. The Hall–Kier alpha value is -3.10. The molecule has 1 amide bonds. The highest BCUT2D eigenvalue weighted by molar-refractivity contribution is 5.85. The van der Waals surface area contributed by atoms with E-state index in [0.29, 0.717) is 31.7 Å². The molecule has 1 aliphatic rings. The van der Waals surface area contributed by atoms with Crippen LogP contribution < -0.4 is 21.9 Å². The summed E-state index contributed by atoms with van der Waals surface area (Å²) < 4.78 is 1.58. The van der Waals surface area contributed by atoms with Crippen LogP contribution in [0.4, 0.5) is 11.6 Å². The predicted molar refractivity (Wildman–Crippen MR) is 144 cm³/mol. The first-order valence-corrected chi connectivity index (χ1v) is 11.2. The third-order valence-electron chi connectivity index (χ3n) is 6.28. The van der Waals surface area contributed by atoms with E-state index >= 15 is 0 Å². The van der Waals surface area contributed by atoms with Gasteiger partial charge < -0.3 is 16.4 Å². The smallest absolute Gasteiger partial charge is 0.294 e. The van der Waals surface area contributed by atoms with Crippen molar-refractivity contribution in [3.63, 3.8) is 0 Å². The molecule has 0 radical (unpaired) electrons. The quantitative estimate of drug-likeness (QED) is 0.440. The monoisotopic (exact) mass is 518 g/mol. The zero-order chi connectivity index (χ0) is 23.6. The second kappa shape index (κ2) is 11.6. The number of amides is 1. The van der Waals surface area contributed by atoms with E-state index in [1.54, 1.807) is 16.8 Å². The molecule has 1 aromatic carbocycles. The number of benzene rings is 1. The van der Waals surface area contributed by atoms with Gasteiger partial charge in [0.05, 0.1) is 0 Å². The molecular weight excluding hydrogens is 487 g/mol. The highest BCUT2D eigenvalue weighted by Gasteiger charge is 2.31. The lowest BCUT2D eigenvalue weighted by Crippen LogP contribution is -2.37. The Morgan fingerprint density at radius 3 is 2.57 bits per heavy atom. The zero-order valence-corrected chi connectivity index (χ0v) is 21.7. The van der Waals surface area contributed by atoms with Crippen molar-refractivity contribution in [1.29, 1.82) is 0 Å². The predicted octanol–water partition coefficient (Wildman–Crippen LogP) is 3.57. The molecule has 0 unspecified atom stereocenters. The molecule has 3 aromatic rings. The molecule has 2 aromatic heterocycles. The SMILES string of the molecule is Cc1nc(N)ccc1CNC(=O)[C@@H]1CCc2cnc(NCC(C)(C)c3ccccc3)c(=O)n21.Cl.Cl. The van der Waals surface area contributed by atoms with Gasteiger partial charge in [-0.25, -0.2) is 9.97 Å². The van der Waals surface area contributed by atoms with Gasteiger partial charge in [0.1, 0.15) is 11.9 Å². The Morgan fingerprint density at radius 2 is 1.89 bits per heavy atom. The molecule has 4 N–H and O–H groups in total. The standard InChI is InChI=1S/C25H30N6O2.2ClH/c1-16-17(9-12-21(26)30-16)13-28-23(32)20-11-10-19-14-27-22(24(33)31(19)20)29-15-25(2,3)18-7-5-4-6-8-18;;/h4-9,12,14,20H,10-11,13,15H2,1-3H3,(H2,26,30)(H,27,29)(H,28,32);2*1H/t20-;;/m0../s1. The van der Waals surface area contributed by atoms with Crippen LogP contribution in [0, 0.1) is 6.92 Å². The molecule has 8 nitrogen and oxygen atoms in total. The van der Waals surface area contributed by atoms with E-state index in [-0.39, 0.29) is 47.5 Å². The topological polar surface area (TPSA) is 115 Å². The fourth-order valence-corrected chi connectivity index (χ4v) is 4.20. The van der Waals surface area contributed by atoms with Gasteiger partial charge in [-0.1, -0.05) is 50.2 Å². The molecule has 0 aliphatic carbocycles. The van der Waals surface area contributed by atoms with Gasteiger partial charge in [-0.05, 0) is 37.0 Å². The number of aromatic nitrogens is 3. The number of nitrogens with one attached hydrogen (secondary N) is 2. The van der Waals surface area contributed by atoms with Crippen molar-refractivity contribution in [1.82, 2.24) is 19.9 Å². The minimum atomic E-state index is -0.555. The number of halogens is 2. The van der Waals surface area contributed by atoms with Crippen LogP contribution in [0.2, 0.25) is 0 Å². The van der Waals surface area contributed by atoms with Gasteiger partial charge >= 0.3 is 0 Å². The maximum absolute atomic E-state index is 13.2. The number of hydrogen-bond donors (Lipinski definition) is 3. The number of rotatable bonds is 7. The van der Waals surface area contributed by atoms with Crippen molar-refractivity contribution in [3.05, 3.63) is 81.5 Å². The number of carbonyl (C=O) groups excluding carboxylic acids is 1. The lowest BCUT2D eigenvalue weighted by molar-refractivity contribution is -0.124. The fraction of sp³-hybridized carbons (Fsp3) is 0.360. The summed E-state index contributed by atoms with van der Waals surface area (Å²) in [4.78, 5) is 34.8. The first kappa shape index (κ1) is 28.1. The van der Waals surface area contributed by atoms with Crippen LogP contribution in [0.5, 0.6) is 0 Å². The van der Waals surface area contributed by atoms with Gasteiger partial charge in [0, 0.05) is 36.1 Å². The number of anilines is 2. The largest absolute Gasteiger partial charge is 0.384 e. The summed E-state index contributed by atoms with van der Waals surface area (Å²) in [5, 5.41) is 6.16. The Morgan fingerprint density at radius 1 is 1.17 bits per heavy atom. The molecule has 188 valence electrons. The van der Waals surface area contributed by atoms with Gasteiger partial charge in [-0.3, -0.25) is 14.2 Å². The van der Waals surface area contributed by atoms with Crippen LogP contribution in [-0.4, -0.2) is 27.0 Å². The Labute approximate surface area is 217 Å². The molecule has 35 heavy (non-hydrogen) atoms. The number of nitrogens with two attached hydrogens (primary N) is 1. The van der Waals surface area contributed by atoms with E-state index < -0.39 is 6.04 Å². The number of nitrogens with zero attached hydrogens (tertiary/aromatic N) is 3. The Bertz CT molecular complexity index is 1230. The number of pyridine rings is 1. The highest BCUT2D eigenvalue weighted by Crippen LogP contribution is 2.26. The minimum Gasteiger partial charge on any atom is -0.384 e. The molecule has 0 saturated heterocycles. The molecule has 4 rings (SSSR count). The summed E-state index contributed by atoms with van der Waals surface area (Å²) in [6.07, 6.45) is 2.90. The van der Waals surface area contributed by atoms with Gasteiger partial charge in [-0.15, -0.1) is 24.8 Å². The van der Waals surface area contributed by atoms with Crippen LogP contribution in [0.1, 0.15) is 48.8 Å². The van der Waals surface area contributed by atoms with Crippen molar-refractivity contribution in [3.8, 4) is 0 Å². The molecule has 0 spiro atoms. The van der Waals surface area contributed by atoms with E-state index in [9.17, 15) is 9.59 Å². The van der Waals surface area contributed by atoms with Crippen LogP contribution in [0.15, 0.2) is 53.5 Å². The number of carbonyl (C=O) groups is 1. The molecule has 1 aliphatic heterocycles. The van der Waals surface area contributed by atoms with Gasteiger partial charge in [-0.2, -0.15) is 0 Å². The van der Waals surface area contributed by atoms with Crippen LogP contribution in [0.3, 0.4) is 0 Å². The summed E-state index contributed by atoms with van der Waals surface area (Å²) in [7, 11) is 0. The Kier molecular flexibility index (Phi) is 9.29. The van der Waals surface area contributed by atoms with Gasteiger partial charge in [0.15, 0.2) is 5.82 Å². The summed E-state index contributed by atoms with van der Waals surface area (Å²) in [5.74, 6) is 0.525. The Balaban J connectivity index is 0.00000216. The van der Waals surface area contributed by atoms with Crippen LogP contribution >= 0.6 is 24.8 Å². The van der Waals surface area contributed by atoms with Crippen molar-refractivity contribution >= 4 is 42.4 Å². The van der Waals surface area contributed by atoms with Crippen molar-refractivity contribution in [2.24, 2.45) is 0 Å². The van der Waals surface area contributed by atoms with Crippen LogP contribution in [-0.2, 0) is 23.2 Å². The van der Waals surface area contributed by atoms with Crippen LogP contribution in [0.25, 0.3) is 0 Å². The number of nitrogen functional groups attached to an aromatic ring is 1. The van der Waals surface area contributed by atoms with E-state index in [1.165, 1.54) is 5.56 Å². The first-order chi connectivity index (χ1) is 15.8. The molecule has 0 fully saturated rings. The second-order valence-corrected chi connectivity index (χ2v) is 9.13. The van der Waals surface area contributed by atoms with Crippen molar-refractivity contribution in [2.45, 2.75) is 51.6 Å². The number of fused-ring (bicyclic) bond motifs is 1. The van der Waals surface area contributed by atoms with E-state index in [4.69, 9.17) is 5.73 Å². The molecular formula is C25H32Cl2N6O2. The summed E-state index contributed by atoms with van der Waals surface area (Å²) in [6, 6.07) is 13.2. The van der Waals surface area contributed by atoms with Gasteiger partial charge in [0.25, 0.3) is 5.56 Å². The summed E-state index contributed by atoms with van der Waals surface area (Å²) in [5.41, 5.74) is 8.86. The molecule has 0 bridgehead atoms.